The molecule has 0 radical (unpaired) electrons. The van der Waals surface area contributed by atoms with Gasteiger partial charge in [-0.05, 0) is 31.8 Å². The zero-order valence-corrected chi connectivity index (χ0v) is 6.38. The molecule has 0 unspecified atom stereocenters. The van der Waals surface area contributed by atoms with Gasteiger partial charge in [0.05, 0.1) is 12.1 Å². The highest BCUT2D eigenvalue weighted by molar-refractivity contribution is 5.03. The van der Waals surface area contributed by atoms with E-state index in [9.17, 15) is 0 Å². The Morgan fingerprint density at radius 3 is 2.18 bits per heavy atom. The van der Waals surface area contributed by atoms with Crippen LogP contribution in [0.5, 0.6) is 0 Å². The first-order chi connectivity index (χ1) is 5.38. The van der Waals surface area contributed by atoms with Crippen LogP contribution in [0.3, 0.4) is 0 Å². The average molecular weight is 149 g/mol. The van der Waals surface area contributed by atoms with Crippen LogP contribution in [0.25, 0.3) is 0 Å². The van der Waals surface area contributed by atoms with E-state index in [2.05, 4.69) is 5.32 Å². The second-order valence-corrected chi connectivity index (χ2v) is 2.82. The maximum absolute atomic E-state index is 8.59. The van der Waals surface area contributed by atoms with Gasteiger partial charge in [0.2, 0.25) is 0 Å². The third-order valence-corrected chi connectivity index (χ3v) is 2.13. The van der Waals surface area contributed by atoms with E-state index in [0.29, 0.717) is 5.92 Å². The van der Waals surface area contributed by atoms with Crippen molar-refractivity contribution in [2.75, 3.05) is 13.1 Å². The lowest BCUT2D eigenvalue weighted by Crippen LogP contribution is -2.30. The van der Waals surface area contributed by atoms with Crippen LogP contribution in [-0.2, 0) is 0 Å². The summed E-state index contributed by atoms with van der Waals surface area (Å²) in [4.78, 5) is 0. The van der Waals surface area contributed by atoms with E-state index in [0.717, 1.165) is 25.9 Å². The molecule has 1 aliphatic heterocycles. The first-order valence-electron chi connectivity index (χ1n) is 3.88. The van der Waals surface area contributed by atoms with E-state index < -0.39 is 5.92 Å². The van der Waals surface area contributed by atoms with Gasteiger partial charge in [0.1, 0.15) is 5.92 Å². The molecule has 1 rings (SSSR count). The van der Waals surface area contributed by atoms with Gasteiger partial charge in [-0.2, -0.15) is 10.5 Å². The highest BCUT2D eigenvalue weighted by atomic mass is 14.9. The van der Waals surface area contributed by atoms with Crippen LogP contribution in [-0.4, -0.2) is 13.1 Å². The van der Waals surface area contributed by atoms with Crippen LogP contribution in [0.15, 0.2) is 0 Å². The average Bonchev–Trinajstić information content (AvgIpc) is 2.09. The number of nitrogens with one attached hydrogen (secondary N) is 1. The fraction of sp³-hybridized carbons (Fsp3) is 0.750. The topological polar surface area (TPSA) is 59.6 Å². The van der Waals surface area contributed by atoms with Crippen LogP contribution < -0.4 is 5.32 Å². The summed E-state index contributed by atoms with van der Waals surface area (Å²) in [7, 11) is 0. The standard InChI is InChI=1S/C8H11N3/c9-5-8(6-10)7-1-3-11-4-2-7/h7-8,11H,1-4H2. The zero-order chi connectivity index (χ0) is 8.10. The third kappa shape index (κ3) is 1.93. The molecule has 0 amide bonds. The lowest BCUT2D eigenvalue weighted by atomic mass is 9.87. The Morgan fingerprint density at radius 2 is 1.73 bits per heavy atom. The number of hydrogen-bond donors (Lipinski definition) is 1. The Morgan fingerprint density at radius 1 is 1.18 bits per heavy atom. The molecule has 0 aliphatic carbocycles. The Bertz CT molecular complexity index is 178. The van der Waals surface area contributed by atoms with Crippen molar-refractivity contribution in [2.45, 2.75) is 12.8 Å². The minimum absolute atomic E-state index is 0.297. The van der Waals surface area contributed by atoms with Crippen molar-refractivity contribution in [2.24, 2.45) is 11.8 Å². The molecule has 3 nitrogen and oxygen atoms in total. The Kier molecular flexibility index (Phi) is 2.89. The van der Waals surface area contributed by atoms with Crippen LogP contribution in [0.1, 0.15) is 12.8 Å². The van der Waals surface area contributed by atoms with E-state index in [1.807, 2.05) is 12.1 Å². The first-order valence-corrected chi connectivity index (χ1v) is 3.88. The molecular formula is C8H11N3. The molecule has 0 aromatic carbocycles. The summed E-state index contributed by atoms with van der Waals surface area (Å²) in [5, 5.41) is 20.4. The molecule has 0 saturated carbocycles. The Balaban J connectivity index is 2.46. The molecule has 0 bridgehead atoms. The number of rotatable bonds is 1. The van der Waals surface area contributed by atoms with Gasteiger partial charge in [-0.3, -0.25) is 0 Å². The summed E-state index contributed by atoms with van der Waals surface area (Å²) >= 11 is 0. The second kappa shape index (κ2) is 3.95. The smallest absolute Gasteiger partial charge is 0.136 e. The largest absolute Gasteiger partial charge is 0.317 e. The van der Waals surface area contributed by atoms with Crippen molar-refractivity contribution >= 4 is 0 Å². The van der Waals surface area contributed by atoms with Gasteiger partial charge < -0.3 is 5.32 Å². The molecule has 1 fully saturated rings. The predicted octanol–water partition coefficient (Wildman–Crippen LogP) is 0.649. The Labute approximate surface area is 66.6 Å². The van der Waals surface area contributed by atoms with Gasteiger partial charge in [-0.15, -0.1) is 0 Å². The summed E-state index contributed by atoms with van der Waals surface area (Å²) in [6, 6.07) is 4.07. The number of nitriles is 2. The van der Waals surface area contributed by atoms with E-state index >= 15 is 0 Å². The number of piperidine rings is 1. The minimum atomic E-state index is -0.392. The molecule has 1 N–H and O–H groups in total. The lowest BCUT2D eigenvalue weighted by molar-refractivity contribution is 0.341. The first kappa shape index (κ1) is 8.04. The van der Waals surface area contributed by atoms with Crippen molar-refractivity contribution in [3.8, 4) is 12.1 Å². The van der Waals surface area contributed by atoms with Gasteiger partial charge in [0.25, 0.3) is 0 Å². The summed E-state index contributed by atoms with van der Waals surface area (Å²) in [6.07, 6.45) is 1.93. The maximum Gasteiger partial charge on any atom is 0.136 e. The van der Waals surface area contributed by atoms with E-state index in [4.69, 9.17) is 10.5 Å². The fourth-order valence-corrected chi connectivity index (χ4v) is 1.42. The summed E-state index contributed by atoms with van der Waals surface area (Å²) in [5.41, 5.74) is 0. The zero-order valence-electron chi connectivity index (χ0n) is 6.38. The SMILES string of the molecule is N#CC(C#N)C1CCNCC1. The number of hydrogen-bond acceptors (Lipinski definition) is 3. The van der Waals surface area contributed by atoms with Crippen LogP contribution in [0.4, 0.5) is 0 Å². The molecule has 3 heteroatoms. The monoisotopic (exact) mass is 149 g/mol. The Hall–Kier alpha value is -1.06. The van der Waals surface area contributed by atoms with Crippen LogP contribution in [0, 0.1) is 34.5 Å². The lowest BCUT2D eigenvalue weighted by Gasteiger charge is -2.22. The van der Waals surface area contributed by atoms with Crippen LogP contribution >= 0.6 is 0 Å². The van der Waals surface area contributed by atoms with E-state index in [1.165, 1.54) is 0 Å². The van der Waals surface area contributed by atoms with Gasteiger partial charge >= 0.3 is 0 Å². The van der Waals surface area contributed by atoms with Crippen molar-refractivity contribution in [3.05, 3.63) is 0 Å². The van der Waals surface area contributed by atoms with Crippen molar-refractivity contribution < 1.29 is 0 Å². The molecule has 0 aromatic rings. The highest BCUT2D eigenvalue weighted by Gasteiger charge is 2.22. The van der Waals surface area contributed by atoms with Gasteiger partial charge in [0, 0.05) is 0 Å². The van der Waals surface area contributed by atoms with Crippen molar-refractivity contribution in [1.29, 1.82) is 10.5 Å². The molecular weight excluding hydrogens is 138 g/mol. The van der Waals surface area contributed by atoms with Gasteiger partial charge in [0.15, 0.2) is 0 Å². The fourth-order valence-electron chi connectivity index (χ4n) is 1.42. The molecule has 1 heterocycles. The van der Waals surface area contributed by atoms with Crippen LogP contribution in [0.2, 0.25) is 0 Å². The highest BCUT2D eigenvalue weighted by Crippen LogP contribution is 2.20. The van der Waals surface area contributed by atoms with Gasteiger partial charge in [-0.1, -0.05) is 0 Å². The third-order valence-electron chi connectivity index (χ3n) is 2.13. The molecule has 0 aromatic heterocycles. The summed E-state index contributed by atoms with van der Waals surface area (Å²) in [6.45, 7) is 1.90. The number of nitrogens with zero attached hydrogens (tertiary/aromatic N) is 2. The second-order valence-electron chi connectivity index (χ2n) is 2.82. The van der Waals surface area contributed by atoms with Gasteiger partial charge in [-0.25, -0.2) is 0 Å². The van der Waals surface area contributed by atoms with E-state index in [1.54, 1.807) is 0 Å². The molecule has 1 saturated heterocycles. The van der Waals surface area contributed by atoms with E-state index in [-0.39, 0.29) is 0 Å². The van der Waals surface area contributed by atoms with Crippen molar-refractivity contribution in [1.82, 2.24) is 5.32 Å². The molecule has 58 valence electrons. The molecule has 1 aliphatic rings. The normalized spacial score (nSPS) is 19.2. The molecule has 0 spiro atoms. The predicted molar refractivity (Wildman–Crippen MR) is 40.3 cm³/mol. The quantitative estimate of drug-likeness (QED) is 0.595. The molecule has 11 heavy (non-hydrogen) atoms. The minimum Gasteiger partial charge on any atom is -0.317 e. The molecule has 0 atom stereocenters. The summed E-state index contributed by atoms with van der Waals surface area (Å²) in [5.74, 6) is -0.0941. The van der Waals surface area contributed by atoms with Crippen molar-refractivity contribution in [3.63, 3.8) is 0 Å². The summed E-state index contributed by atoms with van der Waals surface area (Å²) < 4.78 is 0. The maximum atomic E-state index is 8.59.